The van der Waals surface area contributed by atoms with Gasteiger partial charge in [0.25, 0.3) is 0 Å². The van der Waals surface area contributed by atoms with E-state index in [1.165, 1.54) is 0 Å². The molecule has 0 bridgehead atoms. The fourth-order valence-corrected chi connectivity index (χ4v) is 5.10. The first-order valence-corrected chi connectivity index (χ1v) is 10.0. The smallest absolute Gasteiger partial charge is 0.239 e. The van der Waals surface area contributed by atoms with Gasteiger partial charge < -0.3 is 14.4 Å². The van der Waals surface area contributed by atoms with E-state index in [2.05, 4.69) is 22.3 Å². The second-order valence-corrected chi connectivity index (χ2v) is 8.21. The maximum Gasteiger partial charge on any atom is 0.239 e. The van der Waals surface area contributed by atoms with Gasteiger partial charge in [-0.3, -0.25) is 14.9 Å². The number of hydrogen-bond acceptors (Lipinski definition) is 5. The quantitative estimate of drug-likeness (QED) is 0.810. The molecular formula is C23H24N2O4. The van der Waals surface area contributed by atoms with Crippen LogP contribution >= 0.6 is 0 Å². The van der Waals surface area contributed by atoms with Crippen LogP contribution in [-0.2, 0) is 31.0 Å². The number of nitrogens with zero attached hydrogens (tertiary/aromatic N) is 1. The summed E-state index contributed by atoms with van der Waals surface area (Å²) in [5.74, 6) is -1.23. The molecule has 0 unspecified atom stereocenters. The van der Waals surface area contributed by atoms with E-state index in [-0.39, 0.29) is 24.3 Å². The minimum Gasteiger partial charge on any atom is -0.362 e. The molecule has 3 heterocycles. The molecule has 2 aromatic rings. The second kappa shape index (κ2) is 6.68. The zero-order valence-electron chi connectivity index (χ0n) is 16.4. The Morgan fingerprint density at radius 2 is 1.72 bits per heavy atom. The molecule has 29 heavy (non-hydrogen) atoms. The van der Waals surface area contributed by atoms with Gasteiger partial charge in [-0.25, -0.2) is 0 Å². The van der Waals surface area contributed by atoms with E-state index < -0.39 is 11.2 Å². The first-order valence-electron chi connectivity index (χ1n) is 10.0. The van der Waals surface area contributed by atoms with Crippen LogP contribution in [0.3, 0.4) is 0 Å². The van der Waals surface area contributed by atoms with Gasteiger partial charge in [-0.1, -0.05) is 48.5 Å². The van der Waals surface area contributed by atoms with Crippen molar-refractivity contribution in [1.29, 1.82) is 0 Å². The third kappa shape index (κ3) is 2.86. The van der Waals surface area contributed by atoms with E-state index in [1.54, 1.807) is 0 Å². The van der Waals surface area contributed by atoms with Gasteiger partial charge in [0.1, 0.15) is 5.41 Å². The molecule has 1 spiro atoms. The lowest BCUT2D eigenvalue weighted by Crippen LogP contribution is -2.52. The number of ether oxygens (including phenoxy) is 2. The van der Waals surface area contributed by atoms with Crippen LogP contribution in [0, 0.1) is 0 Å². The molecule has 3 aliphatic rings. The van der Waals surface area contributed by atoms with Crippen LogP contribution in [0.1, 0.15) is 30.9 Å². The van der Waals surface area contributed by atoms with Gasteiger partial charge in [0.2, 0.25) is 11.8 Å². The van der Waals surface area contributed by atoms with Gasteiger partial charge in [-0.05, 0) is 24.1 Å². The summed E-state index contributed by atoms with van der Waals surface area (Å²) >= 11 is 0. The van der Waals surface area contributed by atoms with Crippen molar-refractivity contribution in [3.63, 3.8) is 0 Å². The lowest BCUT2D eigenvalue weighted by molar-refractivity contribution is -0.154. The summed E-state index contributed by atoms with van der Waals surface area (Å²) < 4.78 is 11.8. The first kappa shape index (κ1) is 18.3. The van der Waals surface area contributed by atoms with Crippen molar-refractivity contribution < 1.29 is 19.1 Å². The van der Waals surface area contributed by atoms with Crippen molar-refractivity contribution in [3.05, 3.63) is 65.7 Å². The van der Waals surface area contributed by atoms with Gasteiger partial charge in [0.05, 0.1) is 19.3 Å². The molecule has 2 saturated heterocycles. The van der Waals surface area contributed by atoms with Crippen LogP contribution in [-0.4, -0.2) is 36.9 Å². The summed E-state index contributed by atoms with van der Waals surface area (Å²) in [5, 5.41) is 2.56. The number of benzene rings is 2. The molecule has 0 saturated carbocycles. The number of anilines is 1. The molecular weight excluding hydrogens is 368 g/mol. The summed E-state index contributed by atoms with van der Waals surface area (Å²) in [6.07, 6.45) is 0.643. The van der Waals surface area contributed by atoms with Crippen molar-refractivity contribution in [2.24, 2.45) is 0 Å². The second-order valence-electron chi connectivity index (χ2n) is 8.21. The van der Waals surface area contributed by atoms with Gasteiger partial charge in [0.15, 0.2) is 5.79 Å². The number of rotatable bonds is 4. The summed E-state index contributed by atoms with van der Waals surface area (Å²) in [5.41, 5.74) is 2.12. The number of amides is 2. The highest BCUT2D eigenvalue weighted by molar-refractivity contribution is 6.11. The predicted octanol–water partition coefficient (Wildman–Crippen LogP) is 2.51. The monoisotopic (exact) mass is 392 g/mol. The van der Waals surface area contributed by atoms with Crippen molar-refractivity contribution in [2.45, 2.75) is 43.6 Å². The van der Waals surface area contributed by atoms with Crippen LogP contribution < -0.4 is 10.2 Å². The Morgan fingerprint density at radius 3 is 2.41 bits per heavy atom. The van der Waals surface area contributed by atoms with Gasteiger partial charge in [0, 0.05) is 25.1 Å². The average molecular weight is 392 g/mol. The van der Waals surface area contributed by atoms with Crippen LogP contribution in [0.4, 0.5) is 5.69 Å². The van der Waals surface area contributed by atoms with Crippen molar-refractivity contribution >= 4 is 17.5 Å². The Bertz CT molecular complexity index is 954. The Kier molecular flexibility index (Phi) is 4.22. The van der Waals surface area contributed by atoms with E-state index >= 15 is 0 Å². The largest absolute Gasteiger partial charge is 0.362 e. The fraction of sp³-hybridized carbons (Fsp3) is 0.391. The highest BCUT2D eigenvalue weighted by atomic mass is 16.7. The molecule has 5 rings (SSSR count). The SMILES string of the molecule is CC1(C[C@H]2N(Cc3ccccc3)c3ccccc3[C@]23CC(=O)NC3=O)OCCO1. The van der Waals surface area contributed by atoms with Gasteiger partial charge in [-0.15, -0.1) is 0 Å². The van der Waals surface area contributed by atoms with E-state index in [9.17, 15) is 9.59 Å². The number of carbonyl (C=O) groups excluding carboxylic acids is 2. The van der Waals surface area contributed by atoms with Crippen LogP contribution in [0.5, 0.6) is 0 Å². The minimum atomic E-state index is -0.930. The molecule has 3 aliphatic heterocycles. The number of para-hydroxylation sites is 1. The first-order chi connectivity index (χ1) is 14.0. The lowest BCUT2D eigenvalue weighted by atomic mass is 9.73. The molecule has 150 valence electrons. The highest BCUT2D eigenvalue weighted by Gasteiger charge is 2.61. The Labute approximate surface area is 169 Å². The Balaban J connectivity index is 1.63. The molecule has 0 aromatic heterocycles. The zero-order valence-corrected chi connectivity index (χ0v) is 16.4. The molecule has 6 nitrogen and oxygen atoms in total. The van der Waals surface area contributed by atoms with Crippen LogP contribution in [0.25, 0.3) is 0 Å². The third-order valence-corrected chi connectivity index (χ3v) is 6.39. The number of imide groups is 1. The van der Waals surface area contributed by atoms with Gasteiger partial charge >= 0.3 is 0 Å². The third-order valence-electron chi connectivity index (χ3n) is 6.39. The Hall–Kier alpha value is -2.70. The summed E-state index contributed by atoms with van der Waals surface area (Å²) in [7, 11) is 0. The summed E-state index contributed by atoms with van der Waals surface area (Å²) in [4.78, 5) is 27.8. The van der Waals surface area contributed by atoms with E-state index in [4.69, 9.17) is 9.47 Å². The highest BCUT2D eigenvalue weighted by Crippen LogP contribution is 2.52. The number of carbonyl (C=O) groups is 2. The van der Waals surface area contributed by atoms with Crippen molar-refractivity contribution in [2.75, 3.05) is 18.1 Å². The number of nitrogens with one attached hydrogen (secondary N) is 1. The lowest BCUT2D eigenvalue weighted by Gasteiger charge is -2.38. The van der Waals surface area contributed by atoms with Gasteiger partial charge in [-0.2, -0.15) is 0 Å². The standard InChI is InChI=1S/C23H24N2O4/c1-22(28-11-12-29-22)13-19-23(14-20(26)24-21(23)27)17-9-5-6-10-18(17)25(19)15-16-7-3-2-4-8-16/h2-10,19H,11-15H2,1H3,(H,24,26,27)/t19-,23-/m1/s1. The maximum absolute atomic E-state index is 13.2. The average Bonchev–Trinajstić information content (AvgIpc) is 3.35. The summed E-state index contributed by atoms with van der Waals surface area (Å²) in [6, 6.07) is 17.8. The minimum absolute atomic E-state index is 0.148. The molecule has 0 aliphatic carbocycles. The van der Waals surface area contributed by atoms with Crippen molar-refractivity contribution in [1.82, 2.24) is 5.32 Å². The molecule has 2 aromatic carbocycles. The van der Waals surface area contributed by atoms with Crippen LogP contribution in [0.2, 0.25) is 0 Å². The predicted molar refractivity (Wildman–Crippen MR) is 107 cm³/mol. The topological polar surface area (TPSA) is 67.9 Å². The molecule has 6 heteroatoms. The molecule has 2 fully saturated rings. The van der Waals surface area contributed by atoms with Crippen LogP contribution in [0.15, 0.2) is 54.6 Å². The summed E-state index contributed by atoms with van der Waals surface area (Å²) in [6.45, 7) is 3.63. The van der Waals surface area contributed by atoms with Crippen molar-refractivity contribution in [3.8, 4) is 0 Å². The Morgan fingerprint density at radius 1 is 1.03 bits per heavy atom. The van der Waals surface area contributed by atoms with E-state index in [0.29, 0.717) is 26.2 Å². The number of fused-ring (bicyclic) bond motifs is 2. The van der Waals surface area contributed by atoms with E-state index in [0.717, 1.165) is 16.8 Å². The molecule has 0 radical (unpaired) electrons. The van der Waals surface area contributed by atoms with E-state index in [1.807, 2.05) is 49.4 Å². The molecule has 1 N–H and O–H groups in total. The maximum atomic E-state index is 13.2. The molecule has 2 atom stereocenters. The molecule has 2 amide bonds. The number of hydrogen-bond donors (Lipinski definition) is 1. The zero-order chi connectivity index (χ0) is 20.1. The normalized spacial score (nSPS) is 27.5. The fourth-order valence-electron chi connectivity index (χ4n) is 5.10.